The van der Waals surface area contributed by atoms with Crippen molar-refractivity contribution in [3.05, 3.63) is 40.4 Å². The molecule has 0 spiro atoms. The van der Waals surface area contributed by atoms with E-state index in [0.717, 1.165) is 30.7 Å². The number of rotatable bonds is 6. The molecule has 7 rings (SSSR count). The van der Waals surface area contributed by atoms with Crippen molar-refractivity contribution in [1.82, 2.24) is 14.9 Å². The molecule has 5 heterocycles. The Balaban J connectivity index is 1.36. The minimum absolute atomic E-state index is 0.00787. The van der Waals surface area contributed by atoms with Crippen LogP contribution in [0, 0.1) is 28.9 Å². The summed E-state index contributed by atoms with van der Waals surface area (Å²) in [5.74, 6) is -2.24. The molecule has 2 aromatic heterocycles. The molecule has 4 aromatic rings. The lowest BCUT2D eigenvalue weighted by molar-refractivity contribution is -0.142. The van der Waals surface area contributed by atoms with Gasteiger partial charge in [-0.1, -0.05) is 17.7 Å². The number of nitrogens with zero attached hydrogens (tertiary/aromatic N) is 5. The maximum Gasteiger partial charge on any atom is 0.319 e. The summed E-state index contributed by atoms with van der Waals surface area (Å²) in [6, 6.07) is 6.06. The molecule has 3 saturated heterocycles. The number of alkyl halides is 1. The van der Waals surface area contributed by atoms with Crippen molar-refractivity contribution in [3.63, 3.8) is 0 Å². The molecule has 3 fully saturated rings. The minimum atomic E-state index is -0.957. The van der Waals surface area contributed by atoms with Crippen LogP contribution in [0.1, 0.15) is 50.5 Å². The van der Waals surface area contributed by atoms with E-state index in [2.05, 4.69) is 9.88 Å². The number of halogens is 4. The first-order valence-electron chi connectivity index (χ1n) is 15.7. The van der Waals surface area contributed by atoms with E-state index in [4.69, 9.17) is 27.1 Å². The molecule has 0 saturated carbocycles. The zero-order valence-corrected chi connectivity index (χ0v) is 26.9. The van der Waals surface area contributed by atoms with Crippen LogP contribution in [-0.2, 0) is 4.79 Å². The summed E-state index contributed by atoms with van der Waals surface area (Å²) in [6.45, 7) is 2.20. The number of aromatic nitrogens is 2. The first-order chi connectivity index (χ1) is 22.6. The van der Waals surface area contributed by atoms with E-state index in [-0.39, 0.29) is 54.9 Å². The number of anilines is 2. The first kappa shape index (κ1) is 31.7. The minimum Gasteiger partial charge on any atom is -0.481 e. The van der Waals surface area contributed by atoms with Crippen LogP contribution in [0.5, 0.6) is 6.01 Å². The SMILES string of the molecule is N#Cc1c(N)sc2c(F)ccc(-c3c(Cl)cc4c(N5CCCC(C(=O)O)CCC5)nc(OC[C@@]56CCCN5C[C@H](F)C6)nc4c3F)c12. The van der Waals surface area contributed by atoms with Crippen molar-refractivity contribution in [1.29, 1.82) is 5.26 Å². The number of ether oxygens (including phenoxy) is 1. The highest BCUT2D eigenvalue weighted by atomic mass is 35.5. The number of nitrogen functional groups attached to an aromatic ring is 1. The Morgan fingerprint density at radius 1 is 1.21 bits per heavy atom. The Morgan fingerprint density at radius 3 is 2.70 bits per heavy atom. The number of nitriles is 1. The molecule has 3 aliphatic rings. The molecular weight excluding hydrogens is 653 g/mol. The van der Waals surface area contributed by atoms with E-state index >= 15 is 4.39 Å². The van der Waals surface area contributed by atoms with E-state index in [1.807, 2.05) is 11.0 Å². The molecule has 14 heteroatoms. The van der Waals surface area contributed by atoms with E-state index in [1.54, 1.807) is 6.07 Å². The van der Waals surface area contributed by atoms with Gasteiger partial charge < -0.3 is 20.5 Å². The van der Waals surface area contributed by atoms with Crippen LogP contribution in [-0.4, -0.2) is 70.4 Å². The van der Waals surface area contributed by atoms with Gasteiger partial charge in [-0.25, -0.2) is 13.2 Å². The average Bonchev–Trinajstić information content (AvgIpc) is 3.66. The topological polar surface area (TPSA) is 129 Å². The molecule has 0 amide bonds. The standard InChI is InChI=1S/C33H32ClF3N6O3S/c34-22-12-20-27(26(37)25(22)19-6-7-23(36)28-24(19)21(14-38)29(39)47-28)40-32(46-16-33-8-3-11-43(33)15-18(35)13-33)41-30(20)42-9-1-4-17(31(44)45)5-2-10-42/h6-7,12,17-18H,1-5,8-11,13,15-16,39H2,(H,44,45)/t18-,33+/m1/s1. The second kappa shape index (κ2) is 12.3. The maximum absolute atomic E-state index is 16.9. The molecule has 0 bridgehead atoms. The maximum atomic E-state index is 16.9. The molecule has 3 N–H and O–H groups in total. The number of benzene rings is 2. The van der Waals surface area contributed by atoms with Gasteiger partial charge in [-0.05, 0) is 62.8 Å². The Labute approximate surface area is 277 Å². The van der Waals surface area contributed by atoms with E-state index in [9.17, 15) is 23.9 Å². The predicted octanol–water partition coefficient (Wildman–Crippen LogP) is 6.93. The molecule has 246 valence electrons. The molecule has 0 aliphatic carbocycles. The van der Waals surface area contributed by atoms with Gasteiger partial charge in [-0.15, -0.1) is 11.3 Å². The molecular formula is C33H32ClF3N6O3S. The van der Waals surface area contributed by atoms with Gasteiger partial charge in [0.25, 0.3) is 0 Å². The number of carboxylic acid groups (broad SMARTS) is 1. The molecule has 2 aromatic carbocycles. The number of fused-ring (bicyclic) bond motifs is 3. The molecule has 3 aliphatic heterocycles. The van der Waals surface area contributed by atoms with Crippen molar-refractivity contribution < 1.29 is 27.8 Å². The van der Waals surface area contributed by atoms with E-state index in [0.29, 0.717) is 62.9 Å². The van der Waals surface area contributed by atoms with Crippen molar-refractivity contribution in [2.45, 2.75) is 56.7 Å². The summed E-state index contributed by atoms with van der Waals surface area (Å²) in [5, 5.41) is 20.0. The van der Waals surface area contributed by atoms with Gasteiger partial charge in [-0.2, -0.15) is 15.2 Å². The van der Waals surface area contributed by atoms with Crippen LogP contribution >= 0.6 is 22.9 Å². The van der Waals surface area contributed by atoms with Crippen LogP contribution in [0.2, 0.25) is 5.02 Å². The van der Waals surface area contributed by atoms with Crippen molar-refractivity contribution in [2.24, 2.45) is 5.92 Å². The summed E-state index contributed by atoms with van der Waals surface area (Å²) >= 11 is 7.72. The van der Waals surface area contributed by atoms with Crippen molar-refractivity contribution in [3.8, 4) is 23.2 Å². The number of aliphatic carboxylic acids is 1. The quantitative estimate of drug-likeness (QED) is 0.222. The number of thiophene rings is 1. The Bertz CT molecular complexity index is 1940. The molecule has 9 nitrogen and oxygen atoms in total. The number of carboxylic acids is 1. The van der Waals surface area contributed by atoms with Gasteiger partial charge in [0.05, 0.1) is 26.7 Å². The van der Waals surface area contributed by atoms with E-state index in [1.165, 1.54) is 12.1 Å². The van der Waals surface area contributed by atoms with Gasteiger partial charge in [0.2, 0.25) is 0 Å². The first-order valence-corrected chi connectivity index (χ1v) is 16.9. The van der Waals surface area contributed by atoms with Crippen molar-refractivity contribution in [2.75, 3.05) is 43.4 Å². The van der Waals surface area contributed by atoms with Gasteiger partial charge in [0.1, 0.15) is 41.0 Å². The fraction of sp³-hybridized carbons (Fsp3) is 0.455. The van der Waals surface area contributed by atoms with Crippen molar-refractivity contribution >= 4 is 60.7 Å². The predicted molar refractivity (Wildman–Crippen MR) is 175 cm³/mol. The lowest BCUT2D eigenvalue weighted by Gasteiger charge is -2.31. The Kier molecular flexibility index (Phi) is 8.30. The average molecular weight is 685 g/mol. The lowest BCUT2D eigenvalue weighted by atomic mass is 9.95. The number of hydrogen-bond donors (Lipinski definition) is 2. The third-order valence-corrected chi connectivity index (χ3v) is 11.2. The largest absolute Gasteiger partial charge is 0.481 e. The number of nitrogens with two attached hydrogens (primary N) is 1. The van der Waals surface area contributed by atoms with Crippen LogP contribution < -0.4 is 15.4 Å². The van der Waals surface area contributed by atoms with Gasteiger partial charge in [0.15, 0.2) is 5.82 Å². The Morgan fingerprint density at radius 2 is 1.98 bits per heavy atom. The number of hydrogen-bond acceptors (Lipinski definition) is 9. The lowest BCUT2D eigenvalue weighted by Crippen LogP contribution is -2.43. The van der Waals surface area contributed by atoms with Gasteiger partial charge >= 0.3 is 12.0 Å². The zero-order valence-electron chi connectivity index (χ0n) is 25.4. The third-order valence-electron chi connectivity index (χ3n) is 9.88. The summed E-state index contributed by atoms with van der Waals surface area (Å²) in [4.78, 5) is 25.0. The van der Waals surface area contributed by atoms with Gasteiger partial charge in [0, 0.05) is 42.4 Å². The molecule has 0 unspecified atom stereocenters. The number of carbonyl (C=O) groups is 1. The summed E-state index contributed by atoms with van der Waals surface area (Å²) < 4.78 is 52.6. The smallest absolute Gasteiger partial charge is 0.319 e. The third kappa shape index (κ3) is 5.50. The van der Waals surface area contributed by atoms with Crippen LogP contribution in [0.4, 0.5) is 24.0 Å². The Hall–Kier alpha value is -3.86. The molecule has 0 radical (unpaired) electrons. The highest BCUT2D eigenvalue weighted by molar-refractivity contribution is 7.23. The molecule has 2 atom stereocenters. The monoisotopic (exact) mass is 684 g/mol. The van der Waals surface area contributed by atoms with Crippen LogP contribution in [0.15, 0.2) is 18.2 Å². The van der Waals surface area contributed by atoms with Gasteiger partial charge in [-0.3, -0.25) is 9.69 Å². The fourth-order valence-electron chi connectivity index (χ4n) is 7.64. The fourth-order valence-corrected chi connectivity index (χ4v) is 8.88. The second-order valence-corrected chi connectivity index (χ2v) is 14.2. The second-order valence-electron chi connectivity index (χ2n) is 12.7. The molecule has 47 heavy (non-hydrogen) atoms. The summed E-state index contributed by atoms with van der Waals surface area (Å²) in [6.07, 6.45) is 3.21. The zero-order chi connectivity index (χ0) is 33.0. The van der Waals surface area contributed by atoms with Crippen LogP contribution in [0.25, 0.3) is 32.1 Å². The normalized spacial score (nSPS) is 22.4. The summed E-state index contributed by atoms with van der Waals surface area (Å²) in [7, 11) is 0. The van der Waals surface area contributed by atoms with E-state index < -0.39 is 35.2 Å². The summed E-state index contributed by atoms with van der Waals surface area (Å²) in [5.41, 5.74) is 5.65. The van der Waals surface area contributed by atoms with Crippen LogP contribution in [0.3, 0.4) is 0 Å². The highest BCUT2D eigenvalue weighted by Gasteiger charge is 2.49. The highest BCUT2D eigenvalue weighted by Crippen LogP contribution is 2.46.